The number of benzene rings is 2. The van der Waals surface area contributed by atoms with Gasteiger partial charge >= 0.3 is 0 Å². The van der Waals surface area contributed by atoms with E-state index >= 15 is 0 Å². The van der Waals surface area contributed by atoms with E-state index in [1.165, 1.54) is 0 Å². The Labute approximate surface area is 175 Å². The molecular weight excluding hydrogens is 384 g/mol. The Bertz CT molecular complexity index is 1020. The maximum absolute atomic E-state index is 12.5. The number of aromatic nitrogens is 3. The van der Waals surface area contributed by atoms with E-state index in [0.717, 1.165) is 22.3 Å². The van der Waals surface area contributed by atoms with Gasteiger partial charge in [-0.15, -0.1) is 0 Å². The number of rotatable bonds is 8. The summed E-state index contributed by atoms with van der Waals surface area (Å²) in [5, 5.41) is 10.0. The van der Waals surface area contributed by atoms with Crippen molar-refractivity contribution in [3.05, 3.63) is 70.0 Å². The lowest BCUT2D eigenvalue weighted by Crippen LogP contribution is -2.27. The molecule has 7 heteroatoms. The number of aromatic amines is 1. The molecule has 6 nitrogen and oxygen atoms in total. The maximum atomic E-state index is 12.5. The van der Waals surface area contributed by atoms with Crippen LogP contribution in [0.5, 0.6) is 0 Å². The molecule has 0 atom stereocenters. The first kappa shape index (κ1) is 21.0. The molecule has 0 aliphatic rings. The number of ether oxygens (including phenoxy) is 1. The Hall–Kier alpha value is -2.77. The van der Waals surface area contributed by atoms with Crippen molar-refractivity contribution in [3.8, 4) is 11.4 Å². The SMILES string of the molecule is Cc1cccc(-c2n[nH]c(=S)n2CC(=O)NCc2ccc(COC(C)C)cc2)c1. The zero-order chi connectivity index (χ0) is 20.8. The van der Waals surface area contributed by atoms with Gasteiger partial charge < -0.3 is 10.1 Å². The normalized spacial score (nSPS) is 11.0. The summed E-state index contributed by atoms with van der Waals surface area (Å²) in [5.74, 6) is 0.534. The Morgan fingerprint density at radius 2 is 1.93 bits per heavy atom. The molecule has 0 aliphatic heterocycles. The topological polar surface area (TPSA) is 71.9 Å². The third kappa shape index (κ3) is 5.85. The molecule has 0 aliphatic carbocycles. The fraction of sp³-hybridized carbons (Fsp3) is 0.318. The molecule has 2 aromatic carbocycles. The van der Waals surface area contributed by atoms with Crippen LogP contribution in [0.1, 0.15) is 30.5 Å². The molecule has 0 spiro atoms. The van der Waals surface area contributed by atoms with Crippen molar-refractivity contribution in [2.45, 2.75) is 46.6 Å². The number of hydrogen-bond donors (Lipinski definition) is 2. The van der Waals surface area contributed by atoms with Crippen molar-refractivity contribution in [1.29, 1.82) is 0 Å². The standard InChI is InChI=1S/C22H26N4O2S/c1-15(2)28-14-18-9-7-17(8-10-18)12-23-20(27)13-26-21(24-25-22(26)29)19-6-4-5-16(3)11-19/h4-11,15H,12-14H2,1-3H3,(H,23,27)(H,25,29). The molecule has 3 aromatic rings. The summed E-state index contributed by atoms with van der Waals surface area (Å²) in [6, 6.07) is 16.0. The molecule has 1 heterocycles. The minimum absolute atomic E-state index is 0.110. The van der Waals surface area contributed by atoms with E-state index in [1.807, 2.05) is 69.3 Å². The van der Waals surface area contributed by atoms with E-state index in [4.69, 9.17) is 17.0 Å². The third-order valence-electron chi connectivity index (χ3n) is 4.43. The van der Waals surface area contributed by atoms with Gasteiger partial charge in [-0.2, -0.15) is 5.10 Å². The van der Waals surface area contributed by atoms with Crippen LogP contribution < -0.4 is 5.32 Å². The number of amides is 1. The van der Waals surface area contributed by atoms with Gasteiger partial charge in [0.05, 0.1) is 12.7 Å². The highest BCUT2D eigenvalue weighted by Crippen LogP contribution is 2.18. The van der Waals surface area contributed by atoms with Crippen LogP contribution in [0, 0.1) is 11.7 Å². The largest absolute Gasteiger partial charge is 0.374 e. The number of H-pyrrole nitrogens is 1. The van der Waals surface area contributed by atoms with Gasteiger partial charge in [0.2, 0.25) is 5.91 Å². The van der Waals surface area contributed by atoms with Crippen molar-refractivity contribution in [2.24, 2.45) is 0 Å². The first-order chi connectivity index (χ1) is 13.9. The lowest BCUT2D eigenvalue weighted by Gasteiger charge is -2.10. The second-order valence-electron chi connectivity index (χ2n) is 7.26. The zero-order valence-electron chi connectivity index (χ0n) is 16.9. The molecule has 1 amide bonds. The van der Waals surface area contributed by atoms with Crippen LogP contribution in [0.25, 0.3) is 11.4 Å². The average molecular weight is 411 g/mol. The summed E-state index contributed by atoms with van der Waals surface area (Å²) >= 11 is 5.31. The summed E-state index contributed by atoms with van der Waals surface area (Å²) in [6.45, 7) is 7.20. The van der Waals surface area contributed by atoms with Gasteiger partial charge in [-0.05, 0) is 50.2 Å². The molecule has 3 rings (SSSR count). The highest BCUT2D eigenvalue weighted by molar-refractivity contribution is 7.71. The predicted octanol–water partition coefficient (Wildman–Crippen LogP) is 4.16. The highest BCUT2D eigenvalue weighted by Gasteiger charge is 2.12. The van der Waals surface area contributed by atoms with Gasteiger partial charge in [0, 0.05) is 12.1 Å². The summed E-state index contributed by atoms with van der Waals surface area (Å²) in [4.78, 5) is 12.5. The van der Waals surface area contributed by atoms with Crippen molar-refractivity contribution < 1.29 is 9.53 Å². The van der Waals surface area contributed by atoms with Crippen LogP contribution in [0.15, 0.2) is 48.5 Å². The zero-order valence-corrected chi connectivity index (χ0v) is 17.8. The summed E-state index contributed by atoms with van der Waals surface area (Å²) in [7, 11) is 0. The molecule has 0 bridgehead atoms. The molecule has 0 radical (unpaired) electrons. The van der Waals surface area contributed by atoms with E-state index in [-0.39, 0.29) is 18.6 Å². The van der Waals surface area contributed by atoms with Crippen molar-refractivity contribution in [3.63, 3.8) is 0 Å². The number of aryl methyl sites for hydroxylation is 1. The van der Waals surface area contributed by atoms with E-state index in [0.29, 0.717) is 23.7 Å². The highest BCUT2D eigenvalue weighted by atomic mass is 32.1. The summed E-state index contributed by atoms with van der Waals surface area (Å²) in [5.41, 5.74) is 4.18. The smallest absolute Gasteiger partial charge is 0.240 e. The molecule has 152 valence electrons. The fourth-order valence-electron chi connectivity index (χ4n) is 2.89. The quantitative estimate of drug-likeness (QED) is 0.547. The first-order valence-corrected chi connectivity index (χ1v) is 10.0. The minimum atomic E-state index is -0.122. The molecule has 0 saturated heterocycles. The molecule has 29 heavy (non-hydrogen) atoms. The van der Waals surface area contributed by atoms with Crippen LogP contribution in [-0.2, 0) is 29.2 Å². The molecule has 2 N–H and O–H groups in total. The molecular formula is C22H26N4O2S. The summed E-state index contributed by atoms with van der Waals surface area (Å²) < 4.78 is 7.74. The molecule has 0 unspecified atom stereocenters. The predicted molar refractivity (Wildman–Crippen MR) is 116 cm³/mol. The Balaban J connectivity index is 1.60. The van der Waals surface area contributed by atoms with Gasteiger partial charge in [0.25, 0.3) is 0 Å². The van der Waals surface area contributed by atoms with E-state index in [2.05, 4.69) is 15.5 Å². The molecule has 0 saturated carbocycles. The second-order valence-corrected chi connectivity index (χ2v) is 7.65. The van der Waals surface area contributed by atoms with Gasteiger partial charge in [-0.25, -0.2) is 0 Å². The van der Waals surface area contributed by atoms with Crippen LogP contribution in [0.2, 0.25) is 0 Å². The average Bonchev–Trinajstić information content (AvgIpc) is 3.06. The monoisotopic (exact) mass is 410 g/mol. The van der Waals surface area contributed by atoms with Gasteiger partial charge in [0.1, 0.15) is 6.54 Å². The lowest BCUT2D eigenvalue weighted by atomic mass is 10.1. The van der Waals surface area contributed by atoms with Gasteiger partial charge in [0.15, 0.2) is 10.6 Å². The van der Waals surface area contributed by atoms with Crippen molar-refractivity contribution in [1.82, 2.24) is 20.1 Å². The summed E-state index contributed by atoms with van der Waals surface area (Å²) in [6.07, 6.45) is 0.202. The van der Waals surface area contributed by atoms with Crippen LogP contribution in [-0.4, -0.2) is 26.8 Å². The third-order valence-corrected chi connectivity index (χ3v) is 4.74. The van der Waals surface area contributed by atoms with E-state index in [9.17, 15) is 4.79 Å². The minimum Gasteiger partial charge on any atom is -0.374 e. The number of nitrogens with one attached hydrogen (secondary N) is 2. The van der Waals surface area contributed by atoms with Crippen molar-refractivity contribution >= 4 is 18.1 Å². The Morgan fingerprint density at radius 3 is 2.62 bits per heavy atom. The lowest BCUT2D eigenvalue weighted by molar-refractivity contribution is -0.121. The number of carbonyl (C=O) groups is 1. The molecule has 1 aromatic heterocycles. The maximum Gasteiger partial charge on any atom is 0.240 e. The number of nitrogens with zero attached hydrogens (tertiary/aromatic N) is 2. The van der Waals surface area contributed by atoms with Crippen molar-refractivity contribution in [2.75, 3.05) is 0 Å². The molecule has 0 fully saturated rings. The van der Waals surface area contributed by atoms with E-state index in [1.54, 1.807) is 4.57 Å². The van der Waals surface area contributed by atoms with Gasteiger partial charge in [-0.1, -0.05) is 48.0 Å². The van der Waals surface area contributed by atoms with Crippen LogP contribution in [0.4, 0.5) is 0 Å². The van der Waals surface area contributed by atoms with Crippen LogP contribution in [0.3, 0.4) is 0 Å². The number of hydrogen-bond acceptors (Lipinski definition) is 4. The fourth-order valence-corrected chi connectivity index (χ4v) is 3.08. The van der Waals surface area contributed by atoms with Crippen LogP contribution >= 0.6 is 12.2 Å². The van der Waals surface area contributed by atoms with Gasteiger partial charge in [-0.3, -0.25) is 14.5 Å². The van der Waals surface area contributed by atoms with E-state index < -0.39 is 0 Å². The number of carbonyl (C=O) groups excluding carboxylic acids is 1. The Morgan fingerprint density at radius 1 is 1.21 bits per heavy atom. The second kappa shape index (κ2) is 9.62. The Kier molecular flexibility index (Phi) is 6.95. The first-order valence-electron chi connectivity index (χ1n) is 9.60.